The highest BCUT2D eigenvalue weighted by atomic mass is 15.4. The van der Waals surface area contributed by atoms with E-state index < -0.39 is 0 Å². The van der Waals surface area contributed by atoms with E-state index >= 15 is 0 Å². The van der Waals surface area contributed by atoms with Gasteiger partial charge in [0.1, 0.15) is 0 Å². The molecule has 0 aromatic carbocycles. The molecule has 0 bridgehead atoms. The molecule has 3 nitrogen and oxygen atoms in total. The lowest BCUT2D eigenvalue weighted by atomic mass is 9.85. The Morgan fingerprint density at radius 1 is 1.07 bits per heavy atom. The van der Waals surface area contributed by atoms with Crippen LogP contribution in [0.5, 0.6) is 0 Å². The predicted octanol–water partition coefficient (Wildman–Crippen LogP) is 4.92. The third-order valence-electron chi connectivity index (χ3n) is 4.83. The molecule has 3 heteroatoms. The van der Waals surface area contributed by atoms with Crippen LogP contribution in [0.15, 0.2) is 47.1 Å². The summed E-state index contributed by atoms with van der Waals surface area (Å²) in [5, 5.41) is 1.94. The van der Waals surface area contributed by atoms with E-state index in [1.807, 2.05) is 24.6 Å². The zero-order valence-electron chi connectivity index (χ0n) is 18.8. The number of aromatic nitrogens is 2. The molecule has 0 unspecified atom stereocenters. The molecule has 27 heavy (non-hydrogen) atoms. The van der Waals surface area contributed by atoms with E-state index in [0.29, 0.717) is 0 Å². The van der Waals surface area contributed by atoms with Crippen molar-refractivity contribution in [3.05, 3.63) is 58.2 Å². The van der Waals surface area contributed by atoms with E-state index in [4.69, 9.17) is 0 Å². The number of hydrogen-bond acceptors (Lipinski definition) is 1. The van der Waals surface area contributed by atoms with Gasteiger partial charge in [-0.2, -0.15) is 0 Å². The van der Waals surface area contributed by atoms with E-state index in [9.17, 15) is 0 Å². The van der Waals surface area contributed by atoms with E-state index in [2.05, 4.69) is 90.0 Å². The highest BCUT2D eigenvalue weighted by molar-refractivity contribution is 5.55. The summed E-state index contributed by atoms with van der Waals surface area (Å²) < 4.78 is 4.19. The van der Waals surface area contributed by atoms with Crippen molar-refractivity contribution in [2.75, 3.05) is 0 Å². The highest BCUT2D eigenvalue weighted by Gasteiger charge is 2.15. The van der Waals surface area contributed by atoms with E-state index in [1.165, 1.54) is 11.1 Å². The van der Waals surface area contributed by atoms with Crippen molar-refractivity contribution in [2.45, 2.75) is 68.4 Å². The van der Waals surface area contributed by atoms with Crippen LogP contribution in [0, 0.1) is 5.41 Å². The summed E-state index contributed by atoms with van der Waals surface area (Å²) in [6.07, 6.45) is 6.24. The van der Waals surface area contributed by atoms with Crippen LogP contribution in [-0.4, -0.2) is 9.36 Å². The maximum absolute atomic E-state index is 4.69. The largest absolute Gasteiger partial charge is 0.277 e. The first kappa shape index (κ1) is 22.8. The van der Waals surface area contributed by atoms with Crippen LogP contribution in [0.3, 0.4) is 0 Å². The Morgan fingerprint density at radius 3 is 2.04 bits per heavy atom. The molecule has 0 fully saturated rings. The Kier molecular flexibility index (Phi) is 7.25. The number of rotatable bonds is 5. The summed E-state index contributed by atoms with van der Waals surface area (Å²) in [6, 6.07) is 0.225. The van der Waals surface area contributed by atoms with Gasteiger partial charge in [0.05, 0.1) is 11.0 Å². The van der Waals surface area contributed by atoms with Crippen molar-refractivity contribution in [3.63, 3.8) is 0 Å². The van der Waals surface area contributed by atoms with Crippen molar-refractivity contribution in [2.24, 2.45) is 10.4 Å². The molecule has 1 heterocycles. The zero-order valence-corrected chi connectivity index (χ0v) is 18.8. The Balaban J connectivity index is 3.72. The smallest absolute Gasteiger partial charge is 0.161 e. The molecule has 0 radical (unpaired) electrons. The lowest BCUT2D eigenvalue weighted by Crippen LogP contribution is -2.35. The van der Waals surface area contributed by atoms with Gasteiger partial charge in [0.2, 0.25) is 0 Å². The second kappa shape index (κ2) is 8.60. The molecule has 0 aliphatic carbocycles. The highest BCUT2D eigenvalue weighted by Crippen LogP contribution is 2.27. The molecule has 0 spiro atoms. The lowest BCUT2D eigenvalue weighted by Gasteiger charge is -2.21. The summed E-state index contributed by atoms with van der Waals surface area (Å²) >= 11 is 0. The van der Waals surface area contributed by atoms with Crippen molar-refractivity contribution in [1.82, 2.24) is 9.36 Å². The molecule has 1 aromatic rings. The molecule has 148 valence electrons. The first-order chi connectivity index (χ1) is 12.3. The maximum atomic E-state index is 4.69. The molecule has 0 aliphatic heterocycles. The maximum Gasteiger partial charge on any atom is 0.161 e. The van der Waals surface area contributed by atoms with Crippen LogP contribution < -0.4 is 16.1 Å². The molecule has 0 N–H and O–H groups in total. The normalized spacial score (nSPS) is 15.0. The van der Waals surface area contributed by atoms with Gasteiger partial charge >= 0.3 is 0 Å². The molecule has 0 atom stereocenters. The molecule has 0 amide bonds. The summed E-state index contributed by atoms with van der Waals surface area (Å²) in [5.74, 6) is 0. The summed E-state index contributed by atoms with van der Waals surface area (Å²) in [7, 11) is 0. The van der Waals surface area contributed by atoms with E-state index in [0.717, 1.165) is 27.4 Å². The Hall–Kier alpha value is -2.29. The lowest BCUT2D eigenvalue weighted by molar-refractivity contribution is 0.471. The van der Waals surface area contributed by atoms with Crippen LogP contribution in [0.25, 0.3) is 18.4 Å². The Bertz CT molecular complexity index is 965. The minimum atomic E-state index is 0.145. The molecule has 1 aromatic heterocycles. The van der Waals surface area contributed by atoms with Crippen molar-refractivity contribution in [1.29, 1.82) is 0 Å². The van der Waals surface area contributed by atoms with Gasteiger partial charge in [-0.05, 0) is 53.0 Å². The first-order valence-corrected chi connectivity index (χ1v) is 9.57. The Labute approximate surface area is 165 Å². The number of allylic oxidation sites excluding steroid dienone is 6. The number of nitrogens with zero attached hydrogens (tertiary/aromatic N) is 3. The van der Waals surface area contributed by atoms with Crippen molar-refractivity contribution >= 4 is 18.4 Å². The van der Waals surface area contributed by atoms with Gasteiger partial charge < -0.3 is 0 Å². The van der Waals surface area contributed by atoms with Gasteiger partial charge in [0, 0.05) is 17.0 Å². The van der Waals surface area contributed by atoms with Gasteiger partial charge in [0.15, 0.2) is 5.49 Å². The second-order valence-corrected chi connectivity index (χ2v) is 8.45. The summed E-state index contributed by atoms with van der Waals surface area (Å²) in [5.41, 5.74) is 5.19. The van der Waals surface area contributed by atoms with Gasteiger partial charge in [0.25, 0.3) is 0 Å². The minimum Gasteiger partial charge on any atom is -0.277 e. The topological polar surface area (TPSA) is 22.2 Å². The van der Waals surface area contributed by atoms with Crippen molar-refractivity contribution in [3.8, 4) is 0 Å². The van der Waals surface area contributed by atoms with Crippen LogP contribution in [0.4, 0.5) is 0 Å². The average Bonchev–Trinajstić information content (AvgIpc) is 2.81. The average molecular weight is 368 g/mol. The molecular formula is C24H37N3. The fourth-order valence-electron chi connectivity index (χ4n) is 3.00. The first-order valence-electron chi connectivity index (χ1n) is 9.57. The van der Waals surface area contributed by atoms with Gasteiger partial charge in [-0.3, -0.25) is 4.68 Å². The third-order valence-corrected chi connectivity index (χ3v) is 4.83. The van der Waals surface area contributed by atoms with Crippen LogP contribution in [0.2, 0.25) is 0 Å². The summed E-state index contributed by atoms with van der Waals surface area (Å²) in [6.45, 7) is 31.8. The summed E-state index contributed by atoms with van der Waals surface area (Å²) in [4.78, 5) is 4.69. The van der Waals surface area contributed by atoms with Crippen LogP contribution >= 0.6 is 0 Å². The predicted molar refractivity (Wildman–Crippen MR) is 120 cm³/mol. The van der Waals surface area contributed by atoms with Gasteiger partial charge in [-0.15, -0.1) is 0 Å². The molecular weight excluding hydrogens is 330 g/mol. The SMILES string of the molecule is C=C(C)N=c1/c(=C\C)c(=C)n(C(C)C)n1C(=C)/C=C\C(C)=C(/C)C(C)(C)C. The fraction of sp³-hybridized carbons (Fsp3) is 0.458. The minimum absolute atomic E-state index is 0.145. The zero-order chi connectivity index (χ0) is 21.1. The number of hydrogen-bond donors (Lipinski definition) is 0. The molecule has 1 rings (SSSR count). The molecule has 0 saturated heterocycles. The van der Waals surface area contributed by atoms with Crippen LogP contribution in [-0.2, 0) is 0 Å². The molecule has 0 aliphatic rings. The quantitative estimate of drug-likeness (QED) is 0.659. The van der Waals surface area contributed by atoms with Crippen LogP contribution in [0.1, 0.15) is 68.4 Å². The Morgan fingerprint density at radius 2 is 1.63 bits per heavy atom. The second-order valence-electron chi connectivity index (χ2n) is 8.45. The van der Waals surface area contributed by atoms with Gasteiger partial charge in [-0.1, -0.05) is 63.8 Å². The fourth-order valence-corrected chi connectivity index (χ4v) is 3.00. The standard InChI is InChI=1S/C24H37N3/c1-13-22-21(9)26(17(4)5)27(23(22)25-16(2)3)19(7)15-14-18(6)20(8)24(10,11)12/h13-15,17H,2,7,9H2,1,3-6,8,10-12H3/b15-14-,20-18+,22-13-,25-23?. The molecule has 0 saturated carbocycles. The monoisotopic (exact) mass is 367 g/mol. The third kappa shape index (κ3) is 5.12. The van der Waals surface area contributed by atoms with Crippen molar-refractivity contribution < 1.29 is 0 Å². The van der Waals surface area contributed by atoms with Gasteiger partial charge in [-0.25, -0.2) is 9.67 Å². The van der Waals surface area contributed by atoms with E-state index in [-0.39, 0.29) is 11.5 Å². The van der Waals surface area contributed by atoms with E-state index in [1.54, 1.807) is 0 Å².